The van der Waals surface area contributed by atoms with Gasteiger partial charge in [-0.25, -0.2) is 4.98 Å². The number of allylic oxidation sites excluding steroid dienone is 1. The van der Waals surface area contributed by atoms with Gasteiger partial charge in [0.25, 0.3) is 5.56 Å². The standard InChI is InChI=1S/C26H26BrN3O3/c1-5-8-10-24-29-22-12-11-20(27)16-21(22)26(31)30(24)28-17-18-14-19(9-6-2)25(33-13-7-3)23(15-18)32-4/h3,6,11-12,14-17H,2,5,8-10,13H2,1,4H3. The molecular weight excluding hydrogens is 482 g/mol. The molecule has 0 atom stereocenters. The van der Waals surface area contributed by atoms with E-state index in [0.717, 1.165) is 28.4 Å². The minimum Gasteiger partial charge on any atom is -0.493 e. The van der Waals surface area contributed by atoms with Crippen LogP contribution in [0.5, 0.6) is 11.5 Å². The van der Waals surface area contributed by atoms with Crippen LogP contribution in [-0.2, 0) is 12.8 Å². The van der Waals surface area contributed by atoms with E-state index in [0.29, 0.717) is 41.1 Å². The Balaban J connectivity index is 2.11. The molecule has 0 saturated heterocycles. The zero-order valence-electron chi connectivity index (χ0n) is 18.8. The molecule has 0 aliphatic rings. The van der Waals surface area contributed by atoms with E-state index in [4.69, 9.17) is 20.9 Å². The lowest BCUT2D eigenvalue weighted by Gasteiger charge is -2.14. The zero-order chi connectivity index (χ0) is 23.8. The van der Waals surface area contributed by atoms with E-state index in [9.17, 15) is 4.79 Å². The molecule has 0 unspecified atom stereocenters. The summed E-state index contributed by atoms with van der Waals surface area (Å²) in [6.07, 6.45) is 11.9. The maximum absolute atomic E-state index is 13.3. The Morgan fingerprint density at radius 1 is 1.33 bits per heavy atom. The molecule has 0 fully saturated rings. The van der Waals surface area contributed by atoms with Crippen molar-refractivity contribution in [3.05, 3.63) is 74.8 Å². The number of benzene rings is 2. The summed E-state index contributed by atoms with van der Waals surface area (Å²) in [6.45, 7) is 6.04. The van der Waals surface area contributed by atoms with E-state index >= 15 is 0 Å². The summed E-state index contributed by atoms with van der Waals surface area (Å²) in [7, 11) is 1.56. The van der Waals surface area contributed by atoms with Gasteiger partial charge in [0.2, 0.25) is 0 Å². The SMILES string of the molecule is C#CCOc1c(CC=C)cc(C=Nn2c(CCCC)nc3ccc(Br)cc3c2=O)cc1OC. The van der Waals surface area contributed by atoms with Crippen molar-refractivity contribution in [2.45, 2.75) is 32.6 Å². The van der Waals surface area contributed by atoms with Crippen LogP contribution in [0.3, 0.4) is 0 Å². The minimum absolute atomic E-state index is 0.127. The predicted octanol–water partition coefficient (Wildman–Crippen LogP) is 5.13. The Hall–Kier alpha value is -3.37. The van der Waals surface area contributed by atoms with Crippen molar-refractivity contribution in [2.75, 3.05) is 13.7 Å². The molecule has 7 heteroatoms. The summed E-state index contributed by atoms with van der Waals surface area (Å²) in [4.78, 5) is 18.0. The molecule has 0 bridgehead atoms. The van der Waals surface area contributed by atoms with Gasteiger partial charge in [-0.05, 0) is 48.7 Å². The molecule has 1 aromatic heterocycles. The number of halogens is 1. The van der Waals surface area contributed by atoms with Gasteiger partial charge in [0.15, 0.2) is 11.5 Å². The average Bonchev–Trinajstić information content (AvgIpc) is 2.81. The van der Waals surface area contributed by atoms with Gasteiger partial charge in [0.1, 0.15) is 12.4 Å². The first-order valence-electron chi connectivity index (χ1n) is 10.7. The van der Waals surface area contributed by atoms with Crippen LogP contribution in [0.15, 0.2) is 57.4 Å². The van der Waals surface area contributed by atoms with Crippen LogP contribution in [-0.4, -0.2) is 29.6 Å². The number of nitrogens with zero attached hydrogens (tertiary/aromatic N) is 3. The molecule has 170 valence electrons. The normalized spacial score (nSPS) is 11.0. The summed E-state index contributed by atoms with van der Waals surface area (Å²) >= 11 is 3.43. The van der Waals surface area contributed by atoms with Crippen molar-refractivity contribution >= 4 is 33.0 Å². The van der Waals surface area contributed by atoms with Gasteiger partial charge < -0.3 is 9.47 Å². The molecule has 0 aliphatic carbocycles. The first kappa shape index (κ1) is 24.3. The number of hydrogen-bond acceptors (Lipinski definition) is 5. The highest BCUT2D eigenvalue weighted by molar-refractivity contribution is 9.10. The van der Waals surface area contributed by atoms with Crippen LogP contribution in [0.25, 0.3) is 10.9 Å². The molecule has 3 rings (SSSR count). The number of aryl methyl sites for hydroxylation is 1. The Morgan fingerprint density at radius 3 is 2.85 bits per heavy atom. The highest BCUT2D eigenvalue weighted by Crippen LogP contribution is 2.33. The van der Waals surface area contributed by atoms with Crippen LogP contribution >= 0.6 is 15.9 Å². The summed E-state index contributed by atoms with van der Waals surface area (Å²) in [5, 5.41) is 5.03. The first-order chi connectivity index (χ1) is 16.0. The third kappa shape index (κ3) is 5.71. The van der Waals surface area contributed by atoms with Gasteiger partial charge in [-0.1, -0.05) is 41.3 Å². The third-order valence-corrected chi connectivity index (χ3v) is 5.48. The average molecular weight is 508 g/mol. The Kier molecular flexibility index (Phi) is 8.45. The van der Waals surface area contributed by atoms with E-state index in [1.165, 1.54) is 4.68 Å². The van der Waals surface area contributed by atoms with Gasteiger partial charge in [0, 0.05) is 16.5 Å². The molecule has 3 aromatic rings. The molecule has 0 spiro atoms. The van der Waals surface area contributed by atoms with E-state index in [1.54, 1.807) is 31.5 Å². The second kappa shape index (κ2) is 11.5. The first-order valence-corrected chi connectivity index (χ1v) is 11.4. The molecule has 33 heavy (non-hydrogen) atoms. The van der Waals surface area contributed by atoms with Crippen molar-refractivity contribution < 1.29 is 9.47 Å². The number of rotatable bonds is 10. The molecule has 0 N–H and O–H groups in total. The second-order valence-corrected chi connectivity index (χ2v) is 8.27. The van der Waals surface area contributed by atoms with Crippen LogP contribution in [0.4, 0.5) is 0 Å². The summed E-state index contributed by atoms with van der Waals surface area (Å²) in [5.41, 5.74) is 2.06. The van der Waals surface area contributed by atoms with E-state index < -0.39 is 0 Å². The lowest BCUT2D eigenvalue weighted by Crippen LogP contribution is -2.22. The quantitative estimate of drug-likeness (QED) is 0.216. The number of ether oxygens (including phenoxy) is 2. The highest BCUT2D eigenvalue weighted by Gasteiger charge is 2.14. The molecule has 1 heterocycles. The Bertz CT molecular complexity index is 1290. The number of hydrogen-bond donors (Lipinski definition) is 0. The molecule has 0 amide bonds. The smallest absolute Gasteiger partial charge is 0.282 e. The number of unbranched alkanes of at least 4 members (excludes halogenated alkanes) is 1. The summed E-state index contributed by atoms with van der Waals surface area (Å²) in [6, 6.07) is 9.20. The second-order valence-electron chi connectivity index (χ2n) is 7.35. The van der Waals surface area contributed by atoms with Gasteiger partial charge in [-0.3, -0.25) is 4.79 Å². The molecule has 6 nitrogen and oxygen atoms in total. The lowest BCUT2D eigenvalue weighted by molar-refractivity contribution is 0.328. The van der Waals surface area contributed by atoms with Crippen molar-refractivity contribution in [2.24, 2.45) is 5.10 Å². The van der Waals surface area contributed by atoms with E-state index in [2.05, 4.69) is 40.5 Å². The fourth-order valence-corrected chi connectivity index (χ4v) is 3.79. The molecule has 0 saturated carbocycles. The number of terminal acetylenes is 1. The minimum atomic E-state index is -0.212. The fraction of sp³-hybridized carbons (Fsp3) is 0.269. The van der Waals surface area contributed by atoms with Crippen molar-refractivity contribution in [3.63, 3.8) is 0 Å². The Labute approximate surface area is 202 Å². The maximum atomic E-state index is 13.3. The monoisotopic (exact) mass is 507 g/mol. The lowest BCUT2D eigenvalue weighted by atomic mass is 10.1. The van der Waals surface area contributed by atoms with Gasteiger partial charge in [-0.2, -0.15) is 9.78 Å². The van der Waals surface area contributed by atoms with E-state index in [1.807, 2.05) is 18.2 Å². The molecule has 0 aliphatic heterocycles. The summed E-state index contributed by atoms with van der Waals surface area (Å²) < 4.78 is 13.4. The van der Waals surface area contributed by atoms with Crippen molar-refractivity contribution in [1.29, 1.82) is 0 Å². The number of methoxy groups -OCH3 is 1. The fourth-order valence-electron chi connectivity index (χ4n) is 3.43. The zero-order valence-corrected chi connectivity index (χ0v) is 20.4. The Morgan fingerprint density at radius 2 is 2.15 bits per heavy atom. The largest absolute Gasteiger partial charge is 0.493 e. The molecule has 2 aromatic carbocycles. The van der Waals surface area contributed by atoms with Crippen LogP contribution in [0.2, 0.25) is 0 Å². The number of aromatic nitrogens is 2. The summed E-state index contributed by atoms with van der Waals surface area (Å²) in [5.74, 6) is 4.20. The van der Waals surface area contributed by atoms with Gasteiger partial charge in [-0.15, -0.1) is 13.0 Å². The van der Waals surface area contributed by atoms with Gasteiger partial charge >= 0.3 is 0 Å². The van der Waals surface area contributed by atoms with E-state index in [-0.39, 0.29) is 12.2 Å². The van der Waals surface area contributed by atoms with Crippen LogP contribution in [0.1, 0.15) is 36.7 Å². The highest BCUT2D eigenvalue weighted by atomic mass is 79.9. The van der Waals surface area contributed by atoms with Crippen LogP contribution in [0, 0.1) is 12.3 Å². The predicted molar refractivity (Wildman–Crippen MR) is 137 cm³/mol. The van der Waals surface area contributed by atoms with Crippen molar-refractivity contribution in [3.8, 4) is 23.8 Å². The maximum Gasteiger partial charge on any atom is 0.282 e. The molecular formula is C26H26BrN3O3. The van der Waals surface area contributed by atoms with Gasteiger partial charge in [0.05, 0.1) is 24.2 Å². The van der Waals surface area contributed by atoms with Crippen LogP contribution < -0.4 is 15.0 Å². The topological polar surface area (TPSA) is 65.7 Å². The molecule has 0 radical (unpaired) electrons. The van der Waals surface area contributed by atoms with Crippen molar-refractivity contribution in [1.82, 2.24) is 9.66 Å². The third-order valence-electron chi connectivity index (χ3n) is 4.99. The number of fused-ring (bicyclic) bond motifs is 1.